The van der Waals surface area contributed by atoms with Crippen LogP contribution in [0.25, 0.3) is 0 Å². The molecule has 1 aliphatic rings. The van der Waals surface area contributed by atoms with Crippen LogP contribution in [-0.4, -0.2) is 57.2 Å². The zero-order valence-electron chi connectivity index (χ0n) is 19.0. The smallest absolute Gasteiger partial charge is 0.318 e. The molecule has 0 unspecified atom stereocenters. The van der Waals surface area contributed by atoms with Gasteiger partial charge in [0.15, 0.2) is 0 Å². The second-order valence-electron chi connectivity index (χ2n) is 7.92. The minimum atomic E-state index is -0.274. The van der Waals surface area contributed by atoms with Gasteiger partial charge in [-0.3, -0.25) is 4.79 Å². The number of ether oxygens (including phenoxy) is 1. The number of amides is 1. The molecule has 0 radical (unpaired) electrons. The lowest BCUT2D eigenvalue weighted by Crippen LogP contribution is -2.38. The molecule has 0 fully saturated rings. The third-order valence-corrected chi connectivity index (χ3v) is 5.64. The van der Waals surface area contributed by atoms with Gasteiger partial charge in [0.2, 0.25) is 0 Å². The molecule has 0 saturated heterocycles. The second-order valence-corrected chi connectivity index (χ2v) is 7.92. The SMILES string of the molecule is CCOc1nc2c(c(N(CC)CC)n1)CN(C(=O)c1cc(C(C)C)c(O)cc1O)CC2. The van der Waals surface area contributed by atoms with Crippen LogP contribution in [0.15, 0.2) is 12.1 Å². The van der Waals surface area contributed by atoms with Gasteiger partial charge in [0, 0.05) is 37.7 Å². The first-order valence-corrected chi connectivity index (χ1v) is 10.9. The van der Waals surface area contributed by atoms with Crippen LogP contribution in [0.3, 0.4) is 0 Å². The first kappa shape index (κ1) is 22.7. The van der Waals surface area contributed by atoms with Gasteiger partial charge < -0.3 is 24.7 Å². The molecular formula is C23H32N4O4. The summed E-state index contributed by atoms with van der Waals surface area (Å²) in [4.78, 5) is 26.3. The van der Waals surface area contributed by atoms with Crippen molar-refractivity contribution < 1.29 is 19.7 Å². The topological polar surface area (TPSA) is 99.0 Å². The van der Waals surface area contributed by atoms with E-state index in [4.69, 9.17) is 4.74 Å². The minimum absolute atomic E-state index is 0.00582. The summed E-state index contributed by atoms with van der Waals surface area (Å²) >= 11 is 0. The van der Waals surface area contributed by atoms with Crippen LogP contribution >= 0.6 is 0 Å². The molecule has 3 rings (SSSR count). The van der Waals surface area contributed by atoms with Crippen LogP contribution in [-0.2, 0) is 13.0 Å². The number of phenols is 2. The summed E-state index contributed by atoms with van der Waals surface area (Å²) in [5.74, 6) is 0.311. The largest absolute Gasteiger partial charge is 0.508 e. The maximum absolute atomic E-state index is 13.3. The monoisotopic (exact) mass is 428 g/mol. The fourth-order valence-corrected chi connectivity index (χ4v) is 3.92. The van der Waals surface area contributed by atoms with E-state index in [1.165, 1.54) is 6.07 Å². The fourth-order valence-electron chi connectivity index (χ4n) is 3.92. The van der Waals surface area contributed by atoms with Crippen molar-refractivity contribution in [1.29, 1.82) is 0 Å². The number of nitrogens with zero attached hydrogens (tertiary/aromatic N) is 4. The summed E-state index contributed by atoms with van der Waals surface area (Å²) in [6.45, 7) is 12.7. The number of hydrogen-bond donors (Lipinski definition) is 2. The number of hydrogen-bond acceptors (Lipinski definition) is 7. The summed E-state index contributed by atoms with van der Waals surface area (Å²) < 4.78 is 5.57. The highest BCUT2D eigenvalue weighted by Crippen LogP contribution is 2.34. The second kappa shape index (κ2) is 9.41. The van der Waals surface area contributed by atoms with E-state index in [1.807, 2.05) is 20.8 Å². The minimum Gasteiger partial charge on any atom is -0.508 e. The molecule has 0 aliphatic carbocycles. The van der Waals surface area contributed by atoms with E-state index in [0.717, 1.165) is 30.2 Å². The van der Waals surface area contributed by atoms with Gasteiger partial charge in [-0.15, -0.1) is 0 Å². The van der Waals surface area contributed by atoms with Gasteiger partial charge in [-0.2, -0.15) is 9.97 Å². The van der Waals surface area contributed by atoms with Crippen LogP contribution in [0.1, 0.15) is 67.7 Å². The quantitative estimate of drug-likeness (QED) is 0.697. The lowest BCUT2D eigenvalue weighted by Gasteiger charge is -2.32. The molecule has 31 heavy (non-hydrogen) atoms. The van der Waals surface area contributed by atoms with Gasteiger partial charge in [0.1, 0.15) is 17.3 Å². The summed E-state index contributed by atoms with van der Waals surface area (Å²) in [7, 11) is 0. The van der Waals surface area contributed by atoms with E-state index in [2.05, 4.69) is 28.7 Å². The van der Waals surface area contributed by atoms with E-state index >= 15 is 0 Å². The normalized spacial score (nSPS) is 13.3. The first-order chi connectivity index (χ1) is 14.8. The maximum atomic E-state index is 13.3. The number of benzene rings is 1. The summed E-state index contributed by atoms with van der Waals surface area (Å²) in [6, 6.07) is 3.20. The molecule has 0 bridgehead atoms. The molecule has 1 aromatic carbocycles. The Labute approximate surface area is 183 Å². The summed E-state index contributed by atoms with van der Waals surface area (Å²) in [5.41, 5.74) is 2.63. The predicted molar refractivity (Wildman–Crippen MR) is 119 cm³/mol. The number of aromatic hydroxyl groups is 2. The third-order valence-electron chi connectivity index (χ3n) is 5.64. The molecule has 0 spiro atoms. The van der Waals surface area contributed by atoms with Crippen LogP contribution in [0, 0.1) is 0 Å². The molecule has 1 aliphatic heterocycles. The third kappa shape index (κ3) is 4.52. The van der Waals surface area contributed by atoms with E-state index in [9.17, 15) is 15.0 Å². The molecule has 0 saturated carbocycles. The molecule has 2 heterocycles. The predicted octanol–water partition coefficient (Wildman–Crippen LogP) is 3.45. The Balaban J connectivity index is 1.98. The van der Waals surface area contributed by atoms with Gasteiger partial charge in [0.25, 0.3) is 5.91 Å². The number of phenolic OH excluding ortho intramolecular Hbond substituents is 2. The molecular weight excluding hydrogens is 396 g/mol. The Bertz CT molecular complexity index is 957. The zero-order valence-corrected chi connectivity index (χ0v) is 19.0. The Morgan fingerprint density at radius 3 is 2.48 bits per heavy atom. The van der Waals surface area contributed by atoms with Crippen molar-refractivity contribution in [3.8, 4) is 17.5 Å². The molecule has 1 aromatic heterocycles. The van der Waals surface area contributed by atoms with Crippen molar-refractivity contribution >= 4 is 11.7 Å². The fraction of sp³-hybridized carbons (Fsp3) is 0.522. The Hall–Kier alpha value is -3.03. The van der Waals surface area contributed by atoms with E-state index in [0.29, 0.717) is 37.7 Å². The Morgan fingerprint density at radius 2 is 1.87 bits per heavy atom. The number of aromatic nitrogens is 2. The standard InChI is InChI=1S/C23H32N4O4/c1-6-26(7-2)21-17-13-27(10-9-18(17)24-23(25-21)31-8-3)22(30)16-11-15(14(4)5)19(28)12-20(16)29/h11-12,14,28-29H,6-10,13H2,1-5H3. The van der Waals surface area contributed by atoms with Gasteiger partial charge >= 0.3 is 6.01 Å². The van der Waals surface area contributed by atoms with Crippen molar-refractivity contribution in [1.82, 2.24) is 14.9 Å². The highest BCUT2D eigenvalue weighted by molar-refractivity contribution is 5.97. The number of carbonyl (C=O) groups is 1. The van der Waals surface area contributed by atoms with Crippen LogP contribution in [0.4, 0.5) is 5.82 Å². The molecule has 2 N–H and O–H groups in total. The molecule has 2 aromatic rings. The molecule has 8 nitrogen and oxygen atoms in total. The highest BCUT2D eigenvalue weighted by atomic mass is 16.5. The lowest BCUT2D eigenvalue weighted by molar-refractivity contribution is 0.0730. The van der Waals surface area contributed by atoms with Gasteiger partial charge in [0.05, 0.1) is 24.4 Å². The molecule has 8 heteroatoms. The Kier molecular flexibility index (Phi) is 6.87. The van der Waals surface area contributed by atoms with E-state index < -0.39 is 0 Å². The maximum Gasteiger partial charge on any atom is 0.318 e. The van der Waals surface area contributed by atoms with E-state index in [-0.39, 0.29) is 28.9 Å². The van der Waals surface area contributed by atoms with Crippen molar-refractivity contribution in [2.75, 3.05) is 31.1 Å². The Morgan fingerprint density at radius 1 is 1.16 bits per heavy atom. The first-order valence-electron chi connectivity index (χ1n) is 10.9. The van der Waals surface area contributed by atoms with E-state index in [1.54, 1.807) is 11.0 Å². The van der Waals surface area contributed by atoms with Crippen LogP contribution in [0.5, 0.6) is 17.5 Å². The average molecular weight is 429 g/mol. The van der Waals surface area contributed by atoms with Gasteiger partial charge in [-0.05, 0) is 38.3 Å². The number of carbonyl (C=O) groups excluding carboxylic acids is 1. The average Bonchev–Trinajstić information content (AvgIpc) is 2.74. The highest BCUT2D eigenvalue weighted by Gasteiger charge is 2.29. The molecule has 1 amide bonds. The van der Waals surface area contributed by atoms with Gasteiger partial charge in [-0.25, -0.2) is 0 Å². The van der Waals surface area contributed by atoms with Crippen molar-refractivity contribution in [3.05, 3.63) is 34.5 Å². The van der Waals surface area contributed by atoms with Crippen molar-refractivity contribution in [2.24, 2.45) is 0 Å². The zero-order chi connectivity index (χ0) is 22.7. The van der Waals surface area contributed by atoms with Crippen LogP contribution < -0.4 is 9.64 Å². The summed E-state index contributed by atoms with van der Waals surface area (Å²) in [5, 5.41) is 20.5. The van der Waals surface area contributed by atoms with Crippen LogP contribution in [0.2, 0.25) is 0 Å². The number of rotatable bonds is 7. The van der Waals surface area contributed by atoms with Gasteiger partial charge in [-0.1, -0.05) is 13.8 Å². The number of fused-ring (bicyclic) bond motifs is 1. The van der Waals surface area contributed by atoms with Crippen molar-refractivity contribution in [2.45, 2.75) is 53.5 Å². The summed E-state index contributed by atoms with van der Waals surface area (Å²) in [6.07, 6.45) is 0.577. The number of anilines is 1. The van der Waals surface area contributed by atoms with Crippen molar-refractivity contribution in [3.63, 3.8) is 0 Å². The molecule has 168 valence electrons. The lowest BCUT2D eigenvalue weighted by atomic mass is 9.97. The molecule has 0 atom stereocenters.